The summed E-state index contributed by atoms with van der Waals surface area (Å²) in [5.41, 5.74) is 1.83. The molecule has 0 aliphatic heterocycles. The Morgan fingerprint density at radius 1 is 1.00 bits per heavy atom. The fourth-order valence-corrected chi connectivity index (χ4v) is 1.27. The molecule has 132 valence electrons. The Morgan fingerprint density at radius 2 is 1.42 bits per heavy atom. The summed E-state index contributed by atoms with van der Waals surface area (Å²) in [6.45, 7) is 5.01. The van der Waals surface area contributed by atoms with Gasteiger partial charge in [-0.1, -0.05) is 19.1 Å². The van der Waals surface area contributed by atoms with Crippen molar-refractivity contribution < 1.29 is 39.9 Å². The third kappa shape index (κ3) is 14.8. The third-order valence-corrected chi connectivity index (χ3v) is 2.10. The number of carboxylic acids is 1. The Balaban J connectivity index is 0. The van der Waals surface area contributed by atoms with Crippen molar-refractivity contribution >= 4 is 11.9 Å². The summed E-state index contributed by atoms with van der Waals surface area (Å²) in [6.07, 6.45) is 4.44. The summed E-state index contributed by atoms with van der Waals surface area (Å²) in [5.74, 6) is -1.03. The Bertz CT molecular complexity index is 524. The molecule has 2 rings (SSSR count). The first-order chi connectivity index (χ1) is 11.0. The van der Waals surface area contributed by atoms with E-state index in [1.165, 1.54) is 6.92 Å². The van der Waals surface area contributed by atoms with Crippen molar-refractivity contribution in [3.05, 3.63) is 48.8 Å². The van der Waals surface area contributed by atoms with Gasteiger partial charge in [0.2, 0.25) is 0 Å². The number of nitrogens with zero attached hydrogens (tertiary/aromatic N) is 2. The number of aliphatic carboxylic acids is 1. The van der Waals surface area contributed by atoms with Crippen LogP contribution < -0.4 is 0 Å². The number of esters is 1. The molecule has 0 spiro atoms. The Labute approximate surface area is 156 Å². The molecule has 0 atom stereocenters. The minimum Gasteiger partial charge on any atom is -0.481 e. The van der Waals surface area contributed by atoms with Gasteiger partial charge in [-0.25, -0.2) is 0 Å². The van der Waals surface area contributed by atoms with Gasteiger partial charge in [0.05, 0.1) is 18.0 Å². The molecule has 0 saturated carbocycles. The van der Waals surface area contributed by atoms with Crippen molar-refractivity contribution in [3.63, 3.8) is 0 Å². The van der Waals surface area contributed by atoms with Gasteiger partial charge in [0.15, 0.2) is 0 Å². The first kappa shape index (κ1) is 24.2. The molecule has 0 bridgehead atoms. The summed E-state index contributed by atoms with van der Waals surface area (Å²) < 4.78 is 4.55. The van der Waals surface area contributed by atoms with Crippen LogP contribution in [0.2, 0.25) is 0 Å². The van der Waals surface area contributed by atoms with Gasteiger partial charge in [-0.05, 0) is 30.7 Å². The van der Waals surface area contributed by atoms with Gasteiger partial charge in [-0.3, -0.25) is 19.6 Å². The van der Waals surface area contributed by atoms with Gasteiger partial charge in [0, 0.05) is 26.2 Å². The van der Waals surface area contributed by atoms with E-state index >= 15 is 0 Å². The van der Waals surface area contributed by atoms with Crippen LogP contribution in [-0.2, 0) is 34.7 Å². The maximum absolute atomic E-state index is 9.98. The van der Waals surface area contributed by atoms with Crippen LogP contribution in [0.15, 0.2) is 48.8 Å². The quantitative estimate of drug-likeness (QED) is 0.601. The molecule has 2 aromatic heterocycles. The molecule has 0 saturated heterocycles. The van der Waals surface area contributed by atoms with Crippen LogP contribution in [0.25, 0.3) is 11.4 Å². The van der Waals surface area contributed by atoms with E-state index in [2.05, 4.69) is 14.7 Å². The largest absolute Gasteiger partial charge is 2.00 e. The van der Waals surface area contributed by atoms with E-state index in [-0.39, 0.29) is 26.4 Å². The van der Waals surface area contributed by atoms with E-state index in [0.29, 0.717) is 6.61 Å². The van der Waals surface area contributed by atoms with E-state index in [4.69, 9.17) is 9.90 Å². The minimum atomic E-state index is -0.833. The summed E-state index contributed by atoms with van der Waals surface area (Å²) in [4.78, 5) is 27.4. The molecule has 0 aliphatic rings. The number of pyridine rings is 2. The van der Waals surface area contributed by atoms with Gasteiger partial charge in [0.25, 0.3) is 5.97 Å². The predicted octanol–water partition coefficient (Wildman–Crippen LogP) is 3.19. The van der Waals surface area contributed by atoms with Gasteiger partial charge in [-0.15, -0.1) is 0 Å². The molecule has 0 fully saturated rings. The van der Waals surface area contributed by atoms with Crippen molar-refractivity contribution in [1.82, 2.24) is 9.97 Å². The standard InChI is InChI=1S/C10H8N2.C5H10O2.C2H4O2.Pd/c1-3-7-11-9(5-1)10-6-2-4-8-12-10;1-3-4-7-5(2)6;1-2(3)4;/h1-8H;3-4H2,1-2H3;1H3,(H,3,4);/q;;;+2. The van der Waals surface area contributed by atoms with Crippen LogP contribution >= 0.6 is 0 Å². The Hall–Kier alpha value is -2.10. The van der Waals surface area contributed by atoms with Gasteiger partial charge >= 0.3 is 26.4 Å². The molecule has 1 N–H and O–H groups in total. The molecule has 0 amide bonds. The topological polar surface area (TPSA) is 89.4 Å². The van der Waals surface area contributed by atoms with E-state index in [0.717, 1.165) is 24.7 Å². The number of carbonyl (C=O) groups excluding carboxylic acids is 1. The molecule has 6 nitrogen and oxygen atoms in total. The molecule has 24 heavy (non-hydrogen) atoms. The average Bonchev–Trinajstić information content (AvgIpc) is 2.55. The second kappa shape index (κ2) is 15.8. The number of carbonyl (C=O) groups is 2. The fourth-order valence-electron chi connectivity index (χ4n) is 1.27. The first-order valence-corrected chi connectivity index (χ1v) is 7.12. The van der Waals surface area contributed by atoms with Crippen molar-refractivity contribution in [2.45, 2.75) is 27.2 Å². The van der Waals surface area contributed by atoms with Crippen molar-refractivity contribution in [2.75, 3.05) is 6.61 Å². The Kier molecular flexibility index (Phi) is 15.9. The molecule has 0 radical (unpaired) electrons. The number of ether oxygens (including phenoxy) is 1. The van der Waals surface area contributed by atoms with Crippen molar-refractivity contribution in [3.8, 4) is 11.4 Å². The molecular formula is C17H22N2O4Pd+2. The zero-order valence-corrected chi connectivity index (χ0v) is 15.5. The van der Waals surface area contributed by atoms with Crippen LogP contribution in [0.1, 0.15) is 27.2 Å². The van der Waals surface area contributed by atoms with Crippen LogP contribution in [0.4, 0.5) is 0 Å². The maximum atomic E-state index is 9.98. The maximum Gasteiger partial charge on any atom is 2.00 e. The van der Waals surface area contributed by atoms with Crippen molar-refractivity contribution in [2.24, 2.45) is 0 Å². The number of rotatable bonds is 3. The van der Waals surface area contributed by atoms with E-state index < -0.39 is 5.97 Å². The van der Waals surface area contributed by atoms with Crippen LogP contribution in [0.5, 0.6) is 0 Å². The number of carboxylic acid groups (broad SMARTS) is 1. The molecule has 2 aromatic rings. The zero-order valence-electron chi connectivity index (χ0n) is 13.9. The molecule has 0 unspecified atom stereocenters. The van der Waals surface area contributed by atoms with Crippen LogP contribution in [0.3, 0.4) is 0 Å². The fraction of sp³-hybridized carbons (Fsp3) is 0.294. The molecule has 0 aliphatic carbocycles. The third-order valence-electron chi connectivity index (χ3n) is 2.10. The van der Waals surface area contributed by atoms with E-state index in [1.54, 1.807) is 12.4 Å². The summed E-state index contributed by atoms with van der Waals surface area (Å²) in [5, 5.41) is 7.42. The summed E-state index contributed by atoms with van der Waals surface area (Å²) in [7, 11) is 0. The normalized spacial score (nSPS) is 8.29. The number of aromatic nitrogens is 2. The number of hydrogen-bond acceptors (Lipinski definition) is 5. The SMILES string of the molecule is CC(=O)O.CCCOC(C)=O.[Pd+2].c1ccc(-c2ccccn2)nc1. The summed E-state index contributed by atoms with van der Waals surface area (Å²) >= 11 is 0. The summed E-state index contributed by atoms with van der Waals surface area (Å²) in [6, 6.07) is 11.6. The average molecular weight is 425 g/mol. The Morgan fingerprint density at radius 3 is 1.62 bits per heavy atom. The van der Waals surface area contributed by atoms with Gasteiger partial charge in [0.1, 0.15) is 0 Å². The van der Waals surface area contributed by atoms with E-state index in [1.807, 2.05) is 43.3 Å². The van der Waals surface area contributed by atoms with Crippen molar-refractivity contribution in [1.29, 1.82) is 0 Å². The monoisotopic (exact) mass is 424 g/mol. The van der Waals surface area contributed by atoms with Crippen LogP contribution in [-0.4, -0.2) is 33.6 Å². The number of hydrogen-bond donors (Lipinski definition) is 1. The first-order valence-electron chi connectivity index (χ1n) is 7.12. The smallest absolute Gasteiger partial charge is 0.481 e. The van der Waals surface area contributed by atoms with Gasteiger partial charge < -0.3 is 9.84 Å². The minimum absolute atomic E-state index is 0. The van der Waals surface area contributed by atoms with Crippen LogP contribution in [0, 0.1) is 0 Å². The zero-order chi connectivity index (χ0) is 17.5. The molecule has 2 heterocycles. The van der Waals surface area contributed by atoms with Gasteiger partial charge in [-0.2, -0.15) is 0 Å². The second-order valence-corrected chi connectivity index (χ2v) is 4.29. The van der Waals surface area contributed by atoms with E-state index in [9.17, 15) is 4.79 Å². The second-order valence-electron chi connectivity index (χ2n) is 4.29. The molecular weight excluding hydrogens is 403 g/mol. The molecule has 7 heteroatoms. The molecule has 0 aromatic carbocycles. The predicted molar refractivity (Wildman–Crippen MR) is 87.7 cm³/mol.